The fourth-order valence-corrected chi connectivity index (χ4v) is 4.20. The molecule has 7 nitrogen and oxygen atoms in total. The molecule has 0 spiro atoms. The van der Waals surface area contributed by atoms with Gasteiger partial charge in [-0.3, -0.25) is 9.69 Å². The largest absolute Gasteiger partial charge is 0.496 e. The molecular formula is C29H28N2O5. The number of carboxylic acid groups (broad SMARTS) is 1. The van der Waals surface area contributed by atoms with Crippen LogP contribution in [0.3, 0.4) is 0 Å². The van der Waals surface area contributed by atoms with E-state index in [-0.39, 0.29) is 24.5 Å². The predicted molar refractivity (Wildman–Crippen MR) is 139 cm³/mol. The molecule has 0 fully saturated rings. The maximum absolute atomic E-state index is 13.2. The summed E-state index contributed by atoms with van der Waals surface area (Å²) in [6, 6.07) is 20.5. The van der Waals surface area contributed by atoms with Crippen LogP contribution in [0, 0.1) is 6.92 Å². The fourth-order valence-electron chi connectivity index (χ4n) is 4.20. The lowest BCUT2D eigenvalue weighted by atomic mass is 10.0. The number of ether oxygens (including phenoxy) is 1. The Labute approximate surface area is 209 Å². The second kappa shape index (κ2) is 11.0. The molecule has 4 aromatic rings. The molecule has 1 aromatic heterocycles. The predicted octanol–water partition coefficient (Wildman–Crippen LogP) is 5.22. The number of hydrogen-bond donors (Lipinski definition) is 2. The highest BCUT2D eigenvalue weighted by atomic mass is 16.5. The number of aryl methyl sites for hydroxylation is 1. The number of amides is 1. The highest BCUT2D eigenvalue weighted by molar-refractivity contribution is 6.03. The van der Waals surface area contributed by atoms with Gasteiger partial charge in [-0.15, -0.1) is 0 Å². The van der Waals surface area contributed by atoms with Crippen molar-refractivity contribution in [2.24, 2.45) is 0 Å². The number of methoxy groups -OCH3 is 1. The number of carboxylic acids is 1. The van der Waals surface area contributed by atoms with Crippen LogP contribution in [-0.4, -0.2) is 40.8 Å². The van der Waals surface area contributed by atoms with Crippen LogP contribution in [0.15, 0.2) is 72.9 Å². The van der Waals surface area contributed by atoms with Gasteiger partial charge in [0.25, 0.3) is 0 Å². The van der Waals surface area contributed by atoms with Crippen molar-refractivity contribution in [3.63, 3.8) is 0 Å². The van der Waals surface area contributed by atoms with Crippen LogP contribution in [0.5, 0.6) is 5.75 Å². The minimum atomic E-state index is -1.02. The molecule has 3 aromatic carbocycles. The van der Waals surface area contributed by atoms with Crippen LogP contribution in [0.25, 0.3) is 21.9 Å². The first-order chi connectivity index (χ1) is 17.4. The van der Waals surface area contributed by atoms with Gasteiger partial charge in [0.1, 0.15) is 11.6 Å². The first-order valence-electron chi connectivity index (χ1n) is 11.7. The molecule has 7 heteroatoms. The van der Waals surface area contributed by atoms with Gasteiger partial charge < -0.3 is 14.9 Å². The summed E-state index contributed by atoms with van der Waals surface area (Å²) in [5.41, 5.74) is 4.25. The van der Waals surface area contributed by atoms with Gasteiger partial charge in [0.05, 0.1) is 19.2 Å². The Bertz CT molecular complexity index is 1400. The van der Waals surface area contributed by atoms with Crippen LogP contribution >= 0.6 is 0 Å². The number of benzene rings is 3. The summed E-state index contributed by atoms with van der Waals surface area (Å²) in [7, 11) is 1.65. The van der Waals surface area contributed by atoms with Gasteiger partial charge in [-0.05, 0) is 77.4 Å². The summed E-state index contributed by atoms with van der Waals surface area (Å²) >= 11 is 0. The van der Waals surface area contributed by atoms with Crippen molar-refractivity contribution < 1.29 is 24.5 Å². The summed E-state index contributed by atoms with van der Waals surface area (Å²) < 4.78 is 5.35. The topological polar surface area (TPSA) is 100.0 Å². The molecule has 0 saturated heterocycles. The molecule has 0 saturated carbocycles. The molecule has 36 heavy (non-hydrogen) atoms. The summed E-state index contributed by atoms with van der Waals surface area (Å²) in [6.07, 6.45) is 2.09. The van der Waals surface area contributed by atoms with E-state index in [0.29, 0.717) is 29.6 Å². The van der Waals surface area contributed by atoms with Crippen LogP contribution in [0.2, 0.25) is 0 Å². The zero-order valence-electron chi connectivity index (χ0n) is 20.3. The van der Waals surface area contributed by atoms with E-state index in [0.717, 1.165) is 28.0 Å². The summed E-state index contributed by atoms with van der Waals surface area (Å²) in [5.74, 6) is 0.118. The van der Waals surface area contributed by atoms with E-state index in [1.807, 2.05) is 43.3 Å². The molecule has 184 valence electrons. The van der Waals surface area contributed by atoms with Crippen LogP contribution < -0.4 is 9.64 Å². The number of aromatic carboxylic acids is 1. The number of aliphatic hydroxyl groups excluding tert-OH is 1. The molecule has 0 radical (unpaired) electrons. The summed E-state index contributed by atoms with van der Waals surface area (Å²) in [6.45, 7) is 2.21. The standard InChI is InChI=1S/C29H28N2O5/c1-19-16-22(10-12-26(19)36-2)21-7-5-20(6-8-21)18-31(27(33)4-3-15-32)28-25-11-9-24(29(34)35)17-23(25)13-14-30-28/h5-14,16-17,32H,3-4,15,18H2,1-2H3,(H,34,35). The average molecular weight is 485 g/mol. The van der Waals surface area contributed by atoms with E-state index in [4.69, 9.17) is 4.74 Å². The number of aliphatic hydroxyl groups is 1. The number of nitrogens with zero attached hydrogens (tertiary/aromatic N) is 2. The Hall–Kier alpha value is -4.23. The highest BCUT2D eigenvalue weighted by Crippen LogP contribution is 2.29. The second-order valence-electron chi connectivity index (χ2n) is 8.56. The number of anilines is 1. The third-order valence-electron chi connectivity index (χ3n) is 6.12. The SMILES string of the molecule is COc1ccc(-c2ccc(CN(C(=O)CCCO)c3nccc4cc(C(=O)O)ccc34)cc2)cc1C. The summed E-state index contributed by atoms with van der Waals surface area (Å²) in [5, 5.41) is 20.0. The maximum atomic E-state index is 13.2. The molecule has 0 aliphatic carbocycles. The molecule has 0 aliphatic rings. The normalized spacial score (nSPS) is 10.9. The van der Waals surface area contributed by atoms with E-state index in [2.05, 4.69) is 11.1 Å². The highest BCUT2D eigenvalue weighted by Gasteiger charge is 2.20. The molecule has 4 rings (SSSR count). The monoisotopic (exact) mass is 484 g/mol. The van der Waals surface area contributed by atoms with Crippen LogP contribution in [0.1, 0.15) is 34.3 Å². The van der Waals surface area contributed by atoms with Crippen molar-refractivity contribution in [2.45, 2.75) is 26.3 Å². The van der Waals surface area contributed by atoms with Gasteiger partial charge >= 0.3 is 5.97 Å². The van der Waals surface area contributed by atoms with Crippen molar-refractivity contribution in [2.75, 3.05) is 18.6 Å². The Morgan fingerprint density at radius 1 is 0.972 bits per heavy atom. The van der Waals surface area contributed by atoms with Crippen molar-refractivity contribution >= 4 is 28.5 Å². The molecule has 0 atom stereocenters. The Morgan fingerprint density at radius 2 is 1.72 bits per heavy atom. The van der Waals surface area contributed by atoms with Crippen molar-refractivity contribution in [3.8, 4) is 16.9 Å². The van der Waals surface area contributed by atoms with Crippen molar-refractivity contribution in [1.82, 2.24) is 4.98 Å². The van der Waals surface area contributed by atoms with Crippen molar-refractivity contribution in [1.29, 1.82) is 0 Å². The minimum Gasteiger partial charge on any atom is -0.496 e. The first kappa shape index (κ1) is 24.9. The fraction of sp³-hybridized carbons (Fsp3) is 0.207. The lowest BCUT2D eigenvalue weighted by Gasteiger charge is -2.23. The molecule has 1 heterocycles. The molecule has 0 aliphatic heterocycles. The van der Waals surface area contributed by atoms with Gasteiger partial charge in [-0.1, -0.05) is 30.3 Å². The average Bonchev–Trinajstić information content (AvgIpc) is 2.90. The molecule has 1 amide bonds. The number of fused-ring (bicyclic) bond motifs is 1. The van der Waals surface area contributed by atoms with Gasteiger partial charge in [-0.25, -0.2) is 9.78 Å². The van der Waals surface area contributed by atoms with E-state index < -0.39 is 5.97 Å². The molecule has 0 bridgehead atoms. The Kier molecular flexibility index (Phi) is 7.61. The van der Waals surface area contributed by atoms with Gasteiger partial charge in [0.2, 0.25) is 5.91 Å². The van der Waals surface area contributed by atoms with E-state index >= 15 is 0 Å². The third-order valence-corrected chi connectivity index (χ3v) is 6.12. The Morgan fingerprint density at radius 3 is 2.39 bits per heavy atom. The minimum absolute atomic E-state index is 0.0828. The van der Waals surface area contributed by atoms with E-state index in [1.54, 1.807) is 36.4 Å². The zero-order valence-corrected chi connectivity index (χ0v) is 20.3. The molecular weight excluding hydrogens is 456 g/mol. The first-order valence-corrected chi connectivity index (χ1v) is 11.7. The Balaban J connectivity index is 1.67. The molecule has 0 unspecified atom stereocenters. The van der Waals surface area contributed by atoms with Gasteiger partial charge in [0, 0.05) is 24.6 Å². The van der Waals surface area contributed by atoms with Gasteiger partial charge in [0.15, 0.2) is 0 Å². The zero-order chi connectivity index (χ0) is 25.7. The second-order valence-corrected chi connectivity index (χ2v) is 8.56. The van der Waals surface area contributed by atoms with E-state index in [1.165, 1.54) is 6.07 Å². The van der Waals surface area contributed by atoms with Crippen LogP contribution in [0.4, 0.5) is 5.82 Å². The number of rotatable bonds is 9. The smallest absolute Gasteiger partial charge is 0.335 e. The van der Waals surface area contributed by atoms with Crippen LogP contribution in [-0.2, 0) is 11.3 Å². The number of pyridine rings is 1. The third kappa shape index (κ3) is 5.37. The number of carbonyl (C=O) groups is 2. The number of aromatic nitrogens is 1. The maximum Gasteiger partial charge on any atom is 0.335 e. The molecule has 2 N–H and O–H groups in total. The van der Waals surface area contributed by atoms with Crippen molar-refractivity contribution in [3.05, 3.63) is 89.6 Å². The van der Waals surface area contributed by atoms with Gasteiger partial charge in [-0.2, -0.15) is 0 Å². The lowest BCUT2D eigenvalue weighted by molar-refractivity contribution is -0.119. The summed E-state index contributed by atoms with van der Waals surface area (Å²) in [4.78, 5) is 30.7. The quantitative estimate of drug-likeness (QED) is 0.338. The number of carbonyl (C=O) groups excluding carboxylic acids is 1. The number of hydrogen-bond acceptors (Lipinski definition) is 5. The van der Waals surface area contributed by atoms with E-state index in [9.17, 15) is 19.8 Å². The lowest BCUT2D eigenvalue weighted by Crippen LogP contribution is -2.31.